The van der Waals surface area contributed by atoms with Crippen molar-refractivity contribution >= 4 is 10.9 Å². The minimum atomic E-state index is 0.351. The zero-order chi connectivity index (χ0) is 13.2. The van der Waals surface area contributed by atoms with Crippen molar-refractivity contribution in [3.8, 4) is 5.75 Å². The molecule has 0 aliphatic carbocycles. The summed E-state index contributed by atoms with van der Waals surface area (Å²) >= 11 is 0. The SMILES string of the molecule is COc1cccc2c1cc(C1CCOCCN1)n2C. The van der Waals surface area contributed by atoms with Gasteiger partial charge < -0.3 is 19.4 Å². The molecule has 0 amide bonds. The summed E-state index contributed by atoms with van der Waals surface area (Å²) in [6.07, 6.45) is 1.01. The van der Waals surface area contributed by atoms with E-state index in [2.05, 4.69) is 29.1 Å². The lowest BCUT2D eigenvalue weighted by Gasteiger charge is -2.16. The van der Waals surface area contributed by atoms with Crippen molar-refractivity contribution in [2.75, 3.05) is 26.9 Å². The average Bonchev–Trinajstić information content (AvgIpc) is 2.65. The van der Waals surface area contributed by atoms with Gasteiger partial charge in [0.25, 0.3) is 0 Å². The number of ether oxygens (including phenoxy) is 2. The van der Waals surface area contributed by atoms with Crippen LogP contribution in [0.3, 0.4) is 0 Å². The highest BCUT2D eigenvalue weighted by Crippen LogP contribution is 2.31. The summed E-state index contributed by atoms with van der Waals surface area (Å²) in [5.41, 5.74) is 2.51. The van der Waals surface area contributed by atoms with Crippen molar-refractivity contribution in [3.05, 3.63) is 30.0 Å². The van der Waals surface area contributed by atoms with E-state index >= 15 is 0 Å². The van der Waals surface area contributed by atoms with Gasteiger partial charge >= 0.3 is 0 Å². The molecule has 3 rings (SSSR count). The summed E-state index contributed by atoms with van der Waals surface area (Å²) in [5, 5.41) is 4.73. The van der Waals surface area contributed by atoms with Crippen LogP contribution in [0.5, 0.6) is 5.75 Å². The normalized spacial score (nSPS) is 20.4. The van der Waals surface area contributed by atoms with Gasteiger partial charge in [0.1, 0.15) is 5.75 Å². The van der Waals surface area contributed by atoms with Gasteiger partial charge in [0.05, 0.1) is 19.2 Å². The van der Waals surface area contributed by atoms with Crippen LogP contribution in [0.1, 0.15) is 18.2 Å². The summed E-state index contributed by atoms with van der Waals surface area (Å²) in [5.74, 6) is 0.934. The number of methoxy groups -OCH3 is 1. The Bertz CT molecular complexity index is 569. The second kappa shape index (κ2) is 5.23. The Balaban J connectivity index is 2.06. The molecule has 2 heterocycles. The molecule has 1 unspecified atom stereocenters. The van der Waals surface area contributed by atoms with Crippen LogP contribution in [0, 0.1) is 0 Å². The molecule has 2 aromatic rings. The highest BCUT2D eigenvalue weighted by atomic mass is 16.5. The summed E-state index contributed by atoms with van der Waals surface area (Å²) in [4.78, 5) is 0. The minimum Gasteiger partial charge on any atom is -0.496 e. The van der Waals surface area contributed by atoms with Crippen molar-refractivity contribution < 1.29 is 9.47 Å². The fourth-order valence-corrected chi connectivity index (χ4v) is 2.83. The molecule has 1 aromatic heterocycles. The predicted octanol–water partition coefficient (Wildman–Crippen LogP) is 2.24. The molecule has 1 aliphatic rings. The molecule has 0 saturated carbocycles. The number of rotatable bonds is 2. The Morgan fingerprint density at radius 2 is 2.26 bits per heavy atom. The molecule has 1 N–H and O–H groups in total. The van der Waals surface area contributed by atoms with Gasteiger partial charge in [-0.05, 0) is 24.6 Å². The van der Waals surface area contributed by atoms with E-state index in [1.165, 1.54) is 16.6 Å². The highest BCUT2D eigenvalue weighted by molar-refractivity contribution is 5.87. The molecule has 1 fully saturated rings. The summed E-state index contributed by atoms with van der Waals surface area (Å²) in [6, 6.07) is 8.76. The fourth-order valence-electron chi connectivity index (χ4n) is 2.83. The number of nitrogens with one attached hydrogen (secondary N) is 1. The van der Waals surface area contributed by atoms with Crippen molar-refractivity contribution in [2.24, 2.45) is 7.05 Å². The Hall–Kier alpha value is -1.52. The van der Waals surface area contributed by atoms with Crippen molar-refractivity contribution in [3.63, 3.8) is 0 Å². The maximum absolute atomic E-state index is 5.51. The number of hydrogen-bond acceptors (Lipinski definition) is 3. The third-order valence-corrected chi connectivity index (χ3v) is 3.85. The van der Waals surface area contributed by atoms with Crippen LogP contribution in [-0.2, 0) is 11.8 Å². The smallest absolute Gasteiger partial charge is 0.128 e. The van der Waals surface area contributed by atoms with Crippen LogP contribution in [0.25, 0.3) is 10.9 Å². The van der Waals surface area contributed by atoms with Crippen molar-refractivity contribution in [1.82, 2.24) is 9.88 Å². The van der Waals surface area contributed by atoms with Crippen LogP contribution < -0.4 is 10.1 Å². The summed E-state index contributed by atoms with van der Waals surface area (Å²) in [7, 11) is 3.84. The second-order valence-electron chi connectivity index (χ2n) is 4.93. The first-order valence-corrected chi connectivity index (χ1v) is 6.74. The number of aromatic nitrogens is 1. The van der Waals surface area contributed by atoms with E-state index in [4.69, 9.17) is 9.47 Å². The van der Waals surface area contributed by atoms with E-state index in [-0.39, 0.29) is 0 Å². The van der Waals surface area contributed by atoms with Gasteiger partial charge in [-0.1, -0.05) is 6.07 Å². The van der Waals surface area contributed by atoms with Gasteiger partial charge in [0.2, 0.25) is 0 Å². The second-order valence-corrected chi connectivity index (χ2v) is 4.93. The van der Waals surface area contributed by atoms with E-state index in [9.17, 15) is 0 Å². The van der Waals surface area contributed by atoms with Crippen LogP contribution in [0.15, 0.2) is 24.3 Å². The molecule has 1 saturated heterocycles. The van der Waals surface area contributed by atoms with Gasteiger partial charge in [0, 0.05) is 37.3 Å². The van der Waals surface area contributed by atoms with Crippen LogP contribution in [-0.4, -0.2) is 31.4 Å². The van der Waals surface area contributed by atoms with E-state index in [0.29, 0.717) is 6.04 Å². The van der Waals surface area contributed by atoms with E-state index in [1.54, 1.807) is 7.11 Å². The lowest BCUT2D eigenvalue weighted by Crippen LogP contribution is -2.23. The first kappa shape index (κ1) is 12.5. The van der Waals surface area contributed by atoms with E-state index in [1.807, 2.05) is 12.1 Å². The zero-order valence-electron chi connectivity index (χ0n) is 11.5. The predicted molar refractivity (Wildman–Crippen MR) is 75.7 cm³/mol. The molecule has 19 heavy (non-hydrogen) atoms. The average molecular weight is 260 g/mol. The third kappa shape index (κ3) is 2.22. The monoisotopic (exact) mass is 260 g/mol. The van der Waals surface area contributed by atoms with Gasteiger partial charge in [-0.15, -0.1) is 0 Å². The maximum Gasteiger partial charge on any atom is 0.128 e. The van der Waals surface area contributed by atoms with Crippen molar-refractivity contribution in [1.29, 1.82) is 0 Å². The van der Waals surface area contributed by atoms with Crippen molar-refractivity contribution in [2.45, 2.75) is 12.5 Å². The summed E-state index contributed by atoms with van der Waals surface area (Å²) < 4.78 is 13.2. The maximum atomic E-state index is 5.51. The van der Waals surface area contributed by atoms with Crippen LogP contribution >= 0.6 is 0 Å². The first-order chi connectivity index (χ1) is 9.31. The standard InChI is InChI=1S/C15H20N2O2/c1-17-13-4-3-5-15(18-2)11(13)10-14(17)12-6-8-19-9-7-16-12/h3-5,10,12,16H,6-9H2,1-2H3. The van der Waals surface area contributed by atoms with Gasteiger partial charge in [-0.25, -0.2) is 0 Å². The molecule has 1 aliphatic heterocycles. The van der Waals surface area contributed by atoms with E-state index in [0.717, 1.165) is 31.9 Å². The molecule has 0 radical (unpaired) electrons. The lowest BCUT2D eigenvalue weighted by atomic mass is 10.1. The molecule has 4 nitrogen and oxygen atoms in total. The summed E-state index contributed by atoms with van der Waals surface area (Å²) in [6.45, 7) is 2.52. The third-order valence-electron chi connectivity index (χ3n) is 3.85. The largest absolute Gasteiger partial charge is 0.496 e. The highest BCUT2D eigenvalue weighted by Gasteiger charge is 2.19. The molecule has 4 heteroatoms. The molecule has 0 bridgehead atoms. The number of nitrogens with zero attached hydrogens (tertiary/aromatic N) is 1. The topological polar surface area (TPSA) is 35.4 Å². The molecular weight excluding hydrogens is 240 g/mol. The van der Waals surface area contributed by atoms with Gasteiger partial charge in [-0.3, -0.25) is 0 Å². The fraction of sp³-hybridized carbons (Fsp3) is 0.467. The molecule has 1 atom stereocenters. The molecule has 102 valence electrons. The molecular formula is C15H20N2O2. The Labute approximate surface area is 113 Å². The lowest BCUT2D eigenvalue weighted by molar-refractivity contribution is 0.149. The molecule has 0 spiro atoms. The zero-order valence-corrected chi connectivity index (χ0v) is 11.5. The quantitative estimate of drug-likeness (QED) is 0.899. The Kier molecular flexibility index (Phi) is 3.44. The molecule has 1 aromatic carbocycles. The number of aryl methyl sites for hydroxylation is 1. The first-order valence-electron chi connectivity index (χ1n) is 6.74. The Morgan fingerprint density at radius 3 is 3.11 bits per heavy atom. The Morgan fingerprint density at radius 1 is 1.37 bits per heavy atom. The minimum absolute atomic E-state index is 0.351. The number of hydrogen-bond donors (Lipinski definition) is 1. The van der Waals surface area contributed by atoms with Crippen LogP contribution in [0.2, 0.25) is 0 Å². The van der Waals surface area contributed by atoms with Crippen LogP contribution in [0.4, 0.5) is 0 Å². The van der Waals surface area contributed by atoms with E-state index < -0.39 is 0 Å². The van der Waals surface area contributed by atoms with Gasteiger partial charge in [-0.2, -0.15) is 0 Å². The van der Waals surface area contributed by atoms with Gasteiger partial charge in [0.15, 0.2) is 0 Å². The number of fused-ring (bicyclic) bond motifs is 1. The number of benzene rings is 1.